The molecule has 0 fully saturated rings. The second-order valence-electron chi connectivity index (χ2n) is 3.97. The first-order chi connectivity index (χ1) is 9.41. The van der Waals surface area contributed by atoms with E-state index in [9.17, 15) is 18.0 Å². The van der Waals surface area contributed by atoms with Crippen molar-refractivity contribution in [2.75, 3.05) is 13.7 Å². The van der Waals surface area contributed by atoms with Gasteiger partial charge in [-0.1, -0.05) is 0 Å². The second-order valence-corrected chi connectivity index (χ2v) is 5.85. The molecular weight excluding hydrogens is 284 g/mol. The van der Waals surface area contributed by atoms with Gasteiger partial charge in [-0.3, -0.25) is 4.79 Å². The molecule has 2 rings (SSSR count). The first-order valence-electron chi connectivity index (χ1n) is 5.78. The molecule has 1 aromatic rings. The summed E-state index contributed by atoms with van der Waals surface area (Å²) in [6.07, 6.45) is 1.16. The summed E-state index contributed by atoms with van der Waals surface area (Å²) in [6, 6.07) is 4.30. The lowest BCUT2D eigenvalue weighted by molar-refractivity contribution is -0.151. The number of rotatable bonds is 4. The summed E-state index contributed by atoms with van der Waals surface area (Å²) in [7, 11) is -2.53. The van der Waals surface area contributed by atoms with Crippen LogP contribution in [0.25, 0.3) is 6.08 Å². The van der Waals surface area contributed by atoms with Crippen molar-refractivity contribution in [2.45, 2.75) is 11.8 Å². The van der Waals surface area contributed by atoms with Crippen LogP contribution in [0.2, 0.25) is 0 Å². The standard InChI is InChI=1S/C13H12O6S/c1-3-19-13(15)12(14)11-7-8-6-9(18-2)4-5-10(8)20(11,16)17/h4-7H,3H2,1-2H3. The number of hydrogen-bond acceptors (Lipinski definition) is 6. The molecular formula is C13H12O6S. The zero-order chi connectivity index (χ0) is 14.9. The summed E-state index contributed by atoms with van der Waals surface area (Å²) in [5.41, 5.74) is 0.317. The topological polar surface area (TPSA) is 86.7 Å². The lowest BCUT2D eigenvalue weighted by atomic mass is 10.2. The Labute approximate surface area is 115 Å². The van der Waals surface area contributed by atoms with Crippen LogP contribution in [0.3, 0.4) is 0 Å². The Balaban J connectivity index is 2.47. The average molecular weight is 296 g/mol. The number of ether oxygens (including phenoxy) is 2. The lowest BCUT2D eigenvalue weighted by Crippen LogP contribution is -2.22. The van der Waals surface area contributed by atoms with Crippen molar-refractivity contribution >= 4 is 27.7 Å². The molecule has 20 heavy (non-hydrogen) atoms. The number of carbonyl (C=O) groups excluding carboxylic acids is 2. The number of Topliss-reactive ketones (excluding diaryl/α,β-unsaturated/α-hetero) is 1. The molecule has 0 spiro atoms. The molecule has 1 aromatic carbocycles. The van der Waals surface area contributed by atoms with Gasteiger partial charge >= 0.3 is 5.97 Å². The number of hydrogen-bond donors (Lipinski definition) is 0. The van der Waals surface area contributed by atoms with Gasteiger partial charge in [-0.15, -0.1) is 0 Å². The van der Waals surface area contributed by atoms with Crippen molar-refractivity contribution in [2.24, 2.45) is 0 Å². The van der Waals surface area contributed by atoms with E-state index in [1.54, 1.807) is 0 Å². The van der Waals surface area contributed by atoms with Gasteiger partial charge in [0.2, 0.25) is 9.84 Å². The number of sulfone groups is 1. The molecule has 7 heteroatoms. The van der Waals surface area contributed by atoms with Crippen LogP contribution in [-0.4, -0.2) is 33.9 Å². The van der Waals surface area contributed by atoms with E-state index in [4.69, 9.17) is 4.74 Å². The number of methoxy groups -OCH3 is 1. The molecule has 0 unspecified atom stereocenters. The summed E-state index contributed by atoms with van der Waals surface area (Å²) in [4.78, 5) is 22.6. The summed E-state index contributed by atoms with van der Waals surface area (Å²) < 4.78 is 33.9. The molecule has 0 N–H and O–H groups in total. The highest BCUT2D eigenvalue weighted by Gasteiger charge is 2.37. The molecule has 1 aliphatic rings. The minimum atomic E-state index is -3.98. The van der Waals surface area contributed by atoms with Crippen molar-refractivity contribution in [3.05, 3.63) is 28.7 Å². The van der Waals surface area contributed by atoms with Crippen molar-refractivity contribution in [1.82, 2.24) is 0 Å². The van der Waals surface area contributed by atoms with Crippen LogP contribution in [-0.2, 0) is 24.2 Å². The van der Waals surface area contributed by atoms with Gasteiger partial charge in [0.25, 0.3) is 5.78 Å². The maximum atomic E-state index is 12.2. The van der Waals surface area contributed by atoms with Gasteiger partial charge in [0, 0.05) is 0 Å². The molecule has 0 saturated heterocycles. The highest BCUT2D eigenvalue weighted by atomic mass is 32.2. The fraction of sp³-hybridized carbons (Fsp3) is 0.231. The molecule has 1 aliphatic heterocycles. The molecule has 0 bridgehead atoms. The number of esters is 1. The summed E-state index contributed by atoms with van der Waals surface area (Å²) in [5, 5.41) is 0. The number of ketones is 1. The summed E-state index contributed by atoms with van der Waals surface area (Å²) in [5.74, 6) is -1.89. The average Bonchev–Trinajstić information content (AvgIpc) is 2.69. The van der Waals surface area contributed by atoms with Crippen LogP contribution >= 0.6 is 0 Å². The van der Waals surface area contributed by atoms with Crippen LogP contribution in [0, 0.1) is 0 Å². The molecule has 6 nitrogen and oxygen atoms in total. The van der Waals surface area contributed by atoms with Gasteiger partial charge in [0.15, 0.2) is 0 Å². The fourth-order valence-electron chi connectivity index (χ4n) is 1.83. The SMILES string of the molecule is CCOC(=O)C(=O)C1=Cc2cc(OC)ccc2S1(=O)=O. The molecule has 0 amide bonds. The van der Waals surface area contributed by atoms with Crippen LogP contribution in [0.5, 0.6) is 5.75 Å². The first kappa shape index (κ1) is 14.3. The molecule has 0 aromatic heterocycles. The quantitative estimate of drug-likeness (QED) is 0.607. The molecule has 0 radical (unpaired) electrons. The van der Waals surface area contributed by atoms with Gasteiger partial charge in [0.05, 0.1) is 18.6 Å². The first-order valence-corrected chi connectivity index (χ1v) is 7.26. The van der Waals surface area contributed by atoms with Crippen LogP contribution in [0.15, 0.2) is 28.0 Å². The predicted molar refractivity (Wildman–Crippen MR) is 69.8 cm³/mol. The number of benzene rings is 1. The highest BCUT2D eigenvalue weighted by molar-refractivity contribution is 7.97. The predicted octanol–water partition coefficient (Wildman–Crippen LogP) is 0.956. The van der Waals surface area contributed by atoms with Crippen molar-refractivity contribution in [1.29, 1.82) is 0 Å². The smallest absolute Gasteiger partial charge is 0.380 e. The normalized spacial score (nSPS) is 15.2. The maximum Gasteiger partial charge on any atom is 0.380 e. The van der Waals surface area contributed by atoms with E-state index in [0.717, 1.165) is 6.08 Å². The van der Waals surface area contributed by atoms with Gasteiger partial charge in [-0.2, -0.15) is 0 Å². The van der Waals surface area contributed by atoms with Crippen LogP contribution < -0.4 is 4.74 Å². The van der Waals surface area contributed by atoms with Gasteiger partial charge < -0.3 is 9.47 Å². The molecule has 0 saturated carbocycles. The van der Waals surface area contributed by atoms with Gasteiger partial charge in [-0.25, -0.2) is 13.2 Å². The van der Waals surface area contributed by atoms with Gasteiger partial charge in [-0.05, 0) is 36.8 Å². The summed E-state index contributed by atoms with van der Waals surface area (Å²) >= 11 is 0. The largest absolute Gasteiger partial charge is 0.497 e. The Bertz CT molecular complexity index is 714. The van der Waals surface area contributed by atoms with Crippen LogP contribution in [0.1, 0.15) is 12.5 Å². The minimum absolute atomic E-state index is 0.00132. The van der Waals surface area contributed by atoms with E-state index in [1.165, 1.54) is 32.2 Å². The van der Waals surface area contributed by atoms with E-state index < -0.39 is 26.5 Å². The molecule has 0 aliphatic carbocycles. The number of carbonyl (C=O) groups is 2. The number of fused-ring (bicyclic) bond motifs is 1. The molecule has 0 atom stereocenters. The van der Waals surface area contributed by atoms with Crippen molar-refractivity contribution < 1.29 is 27.5 Å². The molecule has 1 heterocycles. The zero-order valence-corrected chi connectivity index (χ0v) is 11.7. The highest BCUT2D eigenvalue weighted by Crippen LogP contribution is 2.35. The van der Waals surface area contributed by atoms with E-state index in [0.29, 0.717) is 11.3 Å². The van der Waals surface area contributed by atoms with E-state index in [2.05, 4.69) is 4.74 Å². The van der Waals surface area contributed by atoms with E-state index in [-0.39, 0.29) is 11.5 Å². The van der Waals surface area contributed by atoms with Crippen molar-refractivity contribution in [3.8, 4) is 5.75 Å². The molecule has 106 valence electrons. The Morgan fingerprint density at radius 2 is 1.95 bits per heavy atom. The third kappa shape index (κ3) is 2.20. The third-order valence-electron chi connectivity index (χ3n) is 2.77. The third-order valence-corrected chi connectivity index (χ3v) is 4.60. The van der Waals surface area contributed by atoms with E-state index >= 15 is 0 Å². The van der Waals surface area contributed by atoms with Gasteiger partial charge in [0.1, 0.15) is 10.7 Å². The Hall–Kier alpha value is -2.15. The fourth-order valence-corrected chi connectivity index (χ4v) is 3.35. The monoisotopic (exact) mass is 296 g/mol. The zero-order valence-electron chi connectivity index (χ0n) is 10.9. The van der Waals surface area contributed by atoms with E-state index in [1.807, 2.05) is 0 Å². The minimum Gasteiger partial charge on any atom is -0.497 e. The second kappa shape index (κ2) is 5.09. The Morgan fingerprint density at radius 1 is 1.25 bits per heavy atom. The van der Waals surface area contributed by atoms with Crippen LogP contribution in [0.4, 0.5) is 0 Å². The summed E-state index contributed by atoms with van der Waals surface area (Å²) in [6.45, 7) is 1.53. The van der Waals surface area contributed by atoms with Crippen molar-refractivity contribution in [3.63, 3.8) is 0 Å². The maximum absolute atomic E-state index is 12.2. The Kier molecular flexibility index (Phi) is 3.63. The Morgan fingerprint density at radius 3 is 2.55 bits per heavy atom. The lowest BCUT2D eigenvalue weighted by Gasteiger charge is -2.04.